The average molecular weight is 613 g/mol. The SMILES string of the molecule is CC(C)=O.CC/C(C)=C/C(=NC)C(=O)N1CCNCC1C#N.CCCCC.CCc1cc(C(C)(F)F)cc(C(C)(F)F)c1. The van der Waals surface area contributed by atoms with Crippen LogP contribution in [0, 0.1) is 11.3 Å². The van der Waals surface area contributed by atoms with Crippen LogP contribution in [0.15, 0.2) is 34.8 Å². The molecule has 10 heteroatoms. The Balaban J connectivity index is 0. The Morgan fingerprint density at radius 1 is 1.02 bits per heavy atom. The third-order valence-corrected chi connectivity index (χ3v) is 6.18. The molecule has 0 radical (unpaired) electrons. The molecule has 1 amide bonds. The van der Waals surface area contributed by atoms with E-state index < -0.39 is 17.9 Å². The van der Waals surface area contributed by atoms with Crippen molar-refractivity contribution in [3.05, 3.63) is 46.5 Å². The van der Waals surface area contributed by atoms with Crippen molar-refractivity contribution in [1.82, 2.24) is 10.2 Å². The van der Waals surface area contributed by atoms with Crippen molar-refractivity contribution in [2.45, 2.75) is 112 Å². The fourth-order valence-electron chi connectivity index (χ4n) is 3.52. The number of hydrogen-bond acceptors (Lipinski definition) is 5. The van der Waals surface area contributed by atoms with E-state index in [1.54, 1.807) is 24.9 Å². The number of carbonyl (C=O) groups is 2. The van der Waals surface area contributed by atoms with Gasteiger partial charge >= 0.3 is 0 Å². The predicted molar refractivity (Wildman–Crippen MR) is 168 cm³/mol. The molecule has 1 aliphatic rings. The van der Waals surface area contributed by atoms with Crippen LogP contribution in [0.25, 0.3) is 0 Å². The van der Waals surface area contributed by atoms with Crippen LogP contribution >= 0.6 is 0 Å². The first-order valence-corrected chi connectivity index (χ1v) is 14.9. The van der Waals surface area contributed by atoms with Gasteiger partial charge in [0.25, 0.3) is 17.8 Å². The Bertz CT molecular complexity index is 1050. The number of Topliss-reactive ketones (excluding diaryl/α,β-unsaturated/α-hetero) is 1. The molecule has 1 unspecified atom stereocenters. The lowest BCUT2D eigenvalue weighted by Crippen LogP contribution is -2.54. The maximum absolute atomic E-state index is 13.1. The van der Waals surface area contributed by atoms with Gasteiger partial charge in [0.15, 0.2) is 0 Å². The number of alkyl halides is 4. The van der Waals surface area contributed by atoms with E-state index in [0.29, 0.717) is 44.6 Å². The van der Waals surface area contributed by atoms with Crippen molar-refractivity contribution in [3.63, 3.8) is 0 Å². The number of nitrogens with one attached hydrogen (secondary N) is 1. The van der Waals surface area contributed by atoms with Gasteiger partial charge in [0, 0.05) is 51.7 Å². The molecule has 0 bridgehead atoms. The van der Waals surface area contributed by atoms with Gasteiger partial charge in [-0.1, -0.05) is 52.5 Å². The number of carbonyl (C=O) groups excluding carboxylic acids is 2. The number of halogens is 4. The minimum atomic E-state index is -3.09. The van der Waals surface area contributed by atoms with Crippen LogP contribution in [0.5, 0.6) is 0 Å². The Labute approximate surface area is 256 Å². The van der Waals surface area contributed by atoms with Gasteiger partial charge in [0.1, 0.15) is 17.5 Å². The largest absolute Gasteiger partial charge is 0.319 e. The summed E-state index contributed by atoms with van der Waals surface area (Å²) >= 11 is 0. The van der Waals surface area contributed by atoms with Crippen LogP contribution < -0.4 is 5.32 Å². The molecule has 2 rings (SSSR count). The minimum Gasteiger partial charge on any atom is -0.319 e. The van der Waals surface area contributed by atoms with Crippen LogP contribution in [0.4, 0.5) is 17.6 Å². The highest BCUT2D eigenvalue weighted by molar-refractivity contribution is 6.43. The van der Waals surface area contributed by atoms with Gasteiger partial charge in [-0.2, -0.15) is 5.26 Å². The summed E-state index contributed by atoms with van der Waals surface area (Å²) in [6.07, 6.45) is 7.22. The van der Waals surface area contributed by atoms with E-state index in [-0.39, 0.29) is 22.8 Å². The maximum atomic E-state index is 13.1. The van der Waals surface area contributed by atoms with Crippen LogP contribution in [0.3, 0.4) is 0 Å². The van der Waals surface area contributed by atoms with E-state index in [0.717, 1.165) is 24.6 Å². The normalized spacial score (nSPS) is 15.5. The molecule has 0 aromatic heterocycles. The minimum absolute atomic E-state index is 0.154. The molecule has 1 aromatic carbocycles. The Morgan fingerprint density at radius 2 is 1.51 bits per heavy atom. The molecule has 1 N–H and O–H groups in total. The molecule has 6 nitrogen and oxygen atoms in total. The van der Waals surface area contributed by atoms with Gasteiger partial charge in [0.2, 0.25) is 0 Å². The molecule has 1 aromatic rings. The van der Waals surface area contributed by atoms with Crippen molar-refractivity contribution in [1.29, 1.82) is 5.26 Å². The average Bonchev–Trinajstić information content (AvgIpc) is 2.95. The molecule has 1 atom stereocenters. The highest BCUT2D eigenvalue weighted by Gasteiger charge is 2.31. The van der Waals surface area contributed by atoms with E-state index >= 15 is 0 Å². The van der Waals surface area contributed by atoms with Gasteiger partial charge in [-0.05, 0) is 63.5 Å². The summed E-state index contributed by atoms with van der Waals surface area (Å²) in [4.78, 5) is 27.4. The standard InChI is InChI=1S/C13H20N4O.C12H14F4.C5H12.C3H6O/c1-4-10(2)7-12(15-3)13(18)17-6-5-16-9-11(17)8-14;1-4-8-5-9(11(2,13)14)7-10(6-8)12(3,15)16;1-3-5-4-2;1-3(2)4/h7,11,16H,4-6,9H2,1-3H3;5-7H,4H2,1-3H3;3-5H2,1-2H3;1-2H3/b10-7+,15-12?;;;. The molecule has 1 fully saturated rings. The van der Waals surface area contributed by atoms with Crippen molar-refractivity contribution in [2.24, 2.45) is 4.99 Å². The van der Waals surface area contributed by atoms with Crippen molar-refractivity contribution >= 4 is 17.4 Å². The summed E-state index contributed by atoms with van der Waals surface area (Å²) in [5, 5.41) is 12.2. The van der Waals surface area contributed by atoms with E-state index in [1.165, 1.54) is 45.2 Å². The van der Waals surface area contributed by atoms with E-state index in [1.807, 2.05) is 13.8 Å². The molecule has 0 spiro atoms. The number of nitrogens with zero attached hydrogens (tertiary/aromatic N) is 3. The quantitative estimate of drug-likeness (QED) is 0.238. The Kier molecular flexibility index (Phi) is 21.1. The molecule has 0 aliphatic carbocycles. The van der Waals surface area contributed by atoms with Crippen LogP contribution in [0.1, 0.15) is 105 Å². The van der Waals surface area contributed by atoms with E-state index in [2.05, 4.69) is 30.2 Å². The van der Waals surface area contributed by atoms with Gasteiger partial charge in [-0.3, -0.25) is 9.79 Å². The lowest BCUT2D eigenvalue weighted by Gasteiger charge is -2.31. The van der Waals surface area contributed by atoms with Crippen LogP contribution in [-0.2, 0) is 27.9 Å². The van der Waals surface area contributed by atoms with Crippen molar-refractivity contribution in [2.75, 3.05) is 26.7 Å². The second kappa shape index (κ2) is 21.6. The fourth-order valence-corrected chi connectivity index (χ4v) is 3.52. The number of allylic oxidation sites excluding steroid dienone is 1. The van der Waals surface area contributed by atoms with Crippen LogP contribution in [-0.4, -0.2) is 55.0 Å². The number of ketones is 1. The van der Waals surface area contributed by atoms with Crippen molar-refractivity contribution in [3.8, 4) is 6.07 Å². The van der Waals surface area contributed by atoms with Gasteiger partial charge in [-0.25, -0.2) is 17.6 Å². The first-order chi connectivity index (χ1) is 19.9. The summed E-state index contributed by atoms with van der Waals surface area (Å²) in [5.74, 6) is -6.17. The number of unbranched alkanes of at least 4 members (excludes halogenated alkanes) is 2. The van der Waals surface area contributed by atoms with Gasteiger partial charge < -0.3 is 15.0 Å². The summed E-state index contributed by atoms with van der Waals surface area (Å²) < 4.78 is 52.4. The lowest BCUT2D eigenvalue weighted by molar-refractivity contribution is -0.125. The zero-order valence-electron chi connectivity index (χ0n) is 27.7. The summed E-state index contributed by atoms with van der Waals surface area (Å²) in [6.45, 7) is 16.4. The molecule has 43 heavy (non-hydrogen) atoms. The lowest BCUT2D eigenvalue weighted by atomic mass is 9.98. The van der Waals surface area contributed by atoms with E-state index in [4.69, 9.17) is 5.26 Å². The van der Waals surface area contributed by atoms with Gasteiger partial charge in [0.05, 0.1) is 6.07 Å². The Morgan fingerprint density at radius 3 is 1.84 bits per heavy atom. The highest BCUT2D eigenvalue weighted by Crippen LogP contribution is 2.34. The third kappa shape index (κ3) is 18.3. The third-order valence-electron chi connectivity index (χ3n) is 6.18. The number of amides is 1. The number of rotatable bonds is 8. The molecule has 1 saturated heterocycles. The summed E-state index contributed by atoms with van der Waals surface area (Å²) in [5.41, 5.74) is 1.31. The predicted octanol–water partition coefficient (Wildman–Crippen LogP) is 8.00. The molecular formula is C33H52F4N4O2. The molecule has 1 heterocycles. The van der Waals surface area contributed by atoms with E-state index in [9.17, 15) is 27.2 Å². The molecular weight excluding hydrogens is 560 g/mol. The molecule has 0 saturated carbocycles. The zero-order chi connectivity index (χ0) is 33.8. The number of aliphatic imine (C=N–C) groups is 1. The second-order valence-electron chi connectivity index (χ2n) is 10.6. The molecule has 1 aliphatic heterocycles. The monoisotopic (exact) mass is 612 g/mol. The first-order valence-electron chi connectivity index (χ1n) is 14.9. The maximum Gasteiger partial charge on any atom is 0.273 e. The number of benzene rings is 1. The summed E-state index contributed by atoms with van der Waals surface area (Å²) in [6, 6.07) is 5.16. The van der Waals surface area contributed by atoms with Crippen molar-refractivity contribution < 1.29 is 27.2 Å². The number of aryl methyl sites for hydroxylation is 1. The summed E-state index contributed by atoms with van der Waals surface area (Å²) in [7, 11) is 1.61. The highest BCUT2D eigenvalue weighted by atomic mass is 19.3. The molecule has 244 valence electrons. The number of nitriles is 1. The second-order valence-corrected chi connectivity index (χ2v) is 10.6. The Hall–Kier alpha value is -3.06. The fraction of sp³-hybridized carbons (Fsp3) is 0.636. The number of piperazine rings is 1. The zero-order valence-corrected chi connectivity index (χ0v) is 27.7. The topological polar surface area (TPSA) is 85.6 Å². The van der Waals surface area contributed by atoms with Crippen LogP contribution in [0.2, 0.25) is 0 Å². The van der Waals surface area contributed by atoms with Gasteiger partial charge in [-0.15, -0.1) is 0 Å². The smallest absolute Gasteiger partial charge is 0.273 e. The number of hydrogen-bond donors (Lipinski definition) is 1. The first kappa shape index (κ1) is 42.1.